The lowest BCUT2D eigenvalue weighted by atomic mass is 10.2. The summed E-state index contributed by atoms with van der Waals surface area (Å²) in [5.74, 6) is 1.66. The summed E-state index contributed by atoms with van der Waals surface area (Å²) in [4.78, 5) is 20.5. The van der Waals surface area contributed by atoms with Crippen molar-refractivity contribution in [2.75, 3.05) is 18.9 Å². The van der Waals surface area contributed by atoms with Crippen molar-refractivity contribution in [3.63, 3.8) is 0 Å². The highest BCUT2D eigenvalue weighted by molar-refractivity contribution is 8.15. The molecule has 0 fully saturated rings. The van der Waals surface area contributed by atoms with Gasteiger partial charge in [0.25, 0.3) is 0 Å². The van der Waals surface area contributed by atoms with Crippen molar-refractivity contribution in [3.05, 3.63) is 23.2 Å². The number of thioether (sulfide) groups is 1. The van der Waals surface area contributed by atoms with Crippen molar-refractivity contribution in [3.8, 4) is 5.75 Å². The fraction of sp³-hybridized carbons (Fsp3) is 0.400. The lowest BCUT2D eigenvalue weighted by Gasteiger charge is -2.04. The molecule has 1 aliphatic rings. The number of fused-ring (bicyclic) bond motifs is 1. The highest BCUT2D eigenvalue weighted by Gasteiger charge is 2.24. The third kappa shape index (κ3) is 3.31. The van der Waals surface area contributed by atoms with Gasteiger partial charge in [0.1, 0.15) is 21.8 Å². The number of hydrogen-bond donors (Lipinski definition) is 1. The maximum atomic E-state index is 11.4. The van der Waals surface area contributed by atoms with Crippen LogP contribution in [0.2, 0.25) is 0 Å². The van der Waals surface area contributed by atoms with Gasteiger partial charge in [0, 0.05) is 5.75 Å². The van der Waals surface area contributed by atoms with Crippen LogP contribution in [0.4, 0.5) is 0 Å². The molecule has 0 saturated heterocycles. The molecule has 2 heterocycles. The van der Waals surface area contributed by atoms with E-state index < -0.39 is 0 Å². The number of ether oxygens (including phenoxy) is 1. The van der Waals surface area contributed by atoms with Gasteiger partial charge in [-0.1, -0.05) is 0 Å². The molecule has 116 valence electrons. The van der Waals surface area contributed by atoms with Crippen LogP contribution in [-0.4, -0.2) is 40.8 Å². The Hall–Kier alpha value is -1.44. The highest BCUT2D eigenvalue weighted by atomic mass is 32.2. The molecule has 5 nitrogen and oxygen atoms in total. The van der Waals surface area contributed by atoms with E-state index in [-0.39, 0.29) is 11.8 Å². The number of aromatic nitrogens is 1. The zero-order valence-electron chi connectivity index (χ0n) is 12.2. The average molecular weight is 335 g/mol. The Balaban J connectivity index is 1.81. The van der Waals surface area contributed by atoms with Crippen LogP contribution < -0.4 is 10.5 Å². The number of thiazole rings is 1. The van der Waals surface area contributed by atoms with Gasteiger partial charge >= 0.3 is 0 Å². The molecule has 1 unspecified atom stereocenters. The van der Waals surface area contributed by atoms with Crippen molar-refractivity contribution in [2.24, 2.45) is 10.7 Å². The van der Waals surface area contributed by atoms with Crippen molar-refractivity contribution < 1.29 is 9.53 Å². The van der Waals surface area contributed by atoms with Crippen LogP contribution in [0, 0.1) is 0 Å². The van der Waals surface area contributed by atoms with Gasteiger partial charge in [0.05, 0.1) is 16.8 Å². The molecule has 1 aromatic heterocycles. The summed E-state index contributed by atoms with van der Waals surface area (Å²) >= 11 is 3.18. The molecule has 2 N–H and O–H groups in total. The molecule has 0 radical (unpaired) electrons. The van der Waals surface area contributed by atoms with Crippen LogP contribution >= 0.6 is 23.1 Å². The quantitative estimate of drug-likeness (QED) is 0.821. The number of aliphatic imine (C=N–C) groups is 1. The Kier molecular flexibility index (Phi) is 4.75. The molecule has 1 aromatic carbocycles. The molecular formula is C15H17N3O2S2. The fourth-order valence-electron chi connectivity index (χ4n) is 2.06. The van der Waals surface area contributed by atoms with Gasteiger partial charge in [-0.05, 0) is 38.1 Å². The molecule has 1 aliphatic heterocycles. The zero-order valence-corrected chi connectivity index (χ0v) is 13.9. The minimum Gasteiger partial charge on any atom is -0.493 e. The minimum absolute atomic E-state index is 0.110. The Labute approximate surface area is 137 Å². The normalized spacial score (nSPS) is 17.7. The number of Topliss-reactive ketones (excluding diaryl/α,β-unsaturated/α-hetero) is 1. The third-order valence-corrected chi connectivity index (χ3v) is 5.49. The van der Waals surface area contributed by atoms with E-state index in [9.17, 15) is 4.79 Å². The maximum Gasteiger partial charge on any atom is 0.155 e. The van der Waals surface area contributed by atoms with Crippen LogP contribution in [0.5, 0.6) is 5.75 Å². The molecule has 1 atom stereocenters. The Morgan fingerprint density at radius 1 is 1.50 bits per heavy atom. The second-order valence-electron chi connectivity index (χ2n) is 5.01. The van der Waals surface area contributed by atoms with E-state index in [2.05, 4.69) is 9.98 Å². The summed E-state index contributed by atoms with van der Waals surface area (Å²) in [6.45, 7) is 2.83. The van der Waals surface area contributed by atoms with E-state index in [1.54, 1.807) is 30.0 Å². The van der Waals surface area contributed by atoms with E-state index >= 15 is 0 Å². The monoisotopic (exact) mass is 335 g/mol. The average Bonchev–Trinajstić information content (AvgIpc) is 3.13. The van der Waals surface area contributed by atoms with Crippen LogP contribution in [0.3, 0.4) is 0 Å². The lowest BCUT2D eigenvalue weighted by molar-refractivity contribution is -0.117. The van der Waals surface area contributed by atoms with E-state index in [0.29, 0.717) is 18.9 Å². The summed E-state index contributed by atoms with van der Waals surface area (Å²) in [6, 6.07) is 5.65. The van der Waals surface area contributed by atoms with E-state index in [1.165, 1.54) is 0 Å². The number of nitrogens with two attached hydrogens (primary N) is 1. The number of ketones is 1. The molecule has 0 aliphatic carbocycles. The largest absolute Gasteiger partial charge is 0.493 e. The van der Waals surface area contributed by atoms with Gasteiger partial charge in [-0.2, -0.15) is 0 Å². The first-order chi connectivity index (χ1) is 10.7. The van der Waals surface area contributed by atoms with Gasteiger partial charge in [-0.15, -0.1) is 23.1 Å². The molecule has 0 spiro atoms. The fourth-order valence-corrected chi connectivity index (χ4v) is 4.24. The van der Waals surface area contributed by atoms with E-state index in [4.69, 9.17) is 10.5 Å². The summed E-state index contributed by atoms with van der Waals surface area (Å²) in [5.41, 5.74) is 6.39. The molecule has 7 heteroatoms. The second kappa shape index (κ2) is 6.76. The van der Waals surface area contributed by atoms with Gasteiger partial charge in [0.2, 0.25) is 0 Å². The standard InChI is InChI=1S/C15H17N3O2S2/c1-9(19)12-8-21-14(18-12)15-17-11-4-3-10(7-13(11)22-15)20-6-2-5-16/h3-4,7,12H,2,5-6,8,16H2,1H3. The Morgan fingerprint density at radius 2 is 2.36 bits per heavy atom. The molecule has 0 saturated carbocycles. The van der Waals surface area contributed by atoms with Crippen LogP contribution in [0.25, 0.3) is 10.2 Å². The number of carbonyl (C=O) groups excluding carboxylic acids is 1. The number of hydrogen-bond acceptors (Lipinski definition) is 7. The highest BCUT2D eigenvalue weighted by Crippen LogP contribution is 2.31. The van der Waals surface area contributed by atoms with Gasteiger partial charge in [0.15, 0.2) is 5.78 Å². The molecule has 3 rings (SSSR count). The predicted octanol–water partition coefficient (Wildman–Crippen LogP) is 2.47. The minimum atomic E-state index is -0.220. The molecule has 22 heavy (non-hydrogen) atoms. The summed E-state index contributed by atoms with van der Waals surface area (Å²) in [5, 5.41) is 1.75. The van der Waals surface area contributed by atoms with Crippen molar-refractivity contribution in [1.29, 1.82) is 0 Å². The summed E-state index contributed by atoms with van der Waals surface area (Å²) < 4.78 is 6.72. The number of benzene rings is 1. The summed E-state index contributed by atoms with van der Waals surface area (Å²) in [6.07, 6.45) is 0.839. The SMILES string of the molecule is CC(=O)C1CSC(c2nc3ccc(OCCCN)cc3s2)=N1. The first-order valence-corrected chi connectivity index (χ1v) is 8.92. The number of carbonyl (C=O) groups is 1. The van der Waals surface area contributed by atoms with Crippen LogP contribution in [-0.2, 0) is 4.79 Å². The topological polar surface area (TPSA) is 77.6 Å². The Bertz CT molecular complexity index is 727. The van der Waals surface area contributed by atoms with Crippen molar-refractivity contribution >= 4 is 44.1 Å². The van der Waals surface area contributed by atoms with Crippen LogP contribution in [0.1, 0.15) is 18.4 Å². The van der Waals surface area contributed by atoms with Crippen molar-refractivity contribution in [2.45, 2.75) is 19.4 Å². The molecule has 0 amide bonds. The zero-order chi connectivity index (χ0) is 15.5. The van der Waals surface area contributed by atoms with Gasteiger partial charge in [-0.3, -0.25) is 9.79 Å². The predicted molar refractivity (Wildman–Crippen MR) is 92.3 cm³/mol. The summed E-state index contributed by atoms with van der Waals surface area (Å²) in [7, 11) is 0. The maximum absolute atomic E-state index is 11.4. The van der Waals surface area contributed by atoms with Gasteiger partial charge in [-0.25, -0.2) is 4.98 Å². The van der Waals surface area contributed by atoms with Crippen LogP contribution in [0.15, 0.2) is 23.2 Å². The van der Waals surface area contributed by atoms with E-state index in [1.807, 2.05) is 18.2 Å². The Morgan fingerprint density at radius 3 is 3.09 bits per heavy atom. The first-order valence-electron chi connectivity index (χ1n) is 7.12. The van der Waals surface area contributed by atoms with E-state index in [0.717, 1.165) is 32.4 Å². The first kappa shape index (κ1) is 15.5. The second-order valence-corrected chi connectivity index (χ2v) is 7.05. The van der Waals surface area contributed by atoms with Gasteiger partial charge < -0.3 is 10.5 Å². The number of nitrogens with zero attached hydrogens (tertiary/aromatic N) is 2. The molecular weight excluding hydrogens is 318 g/mol. The molecule has 2 aromatic rings. The smallest absolute Gasteiger partial charge is 0.155 e. The number of rotatable bonds is 6. The molecule has 0 bridgehead atoms. The third-order valence-electron chi connectivity index (χ3n) is 3.28. The van der Waals surface area contributed by atoms with Crippen molar-refractivity contribution in [1.82, 2.24) is 4.98 Å². The lowest BCUT2D eigenvalue weighted by Crippen LogP contribution is -2.14.